The zero-order chi connectivity index (χ0) is 21.3. The Hall–Kier alpha value is -1.46. The van der Waals surface area contributed by atoms with Gasteiger partial charge in [-0.3, -0.25) is 0 Å². The summed E-state index contributed by atoms with van der Waals surface area (Å²) in [4.78, 5) is 12.4. The third-order valence-corrected chi connectivity index (χ3v) is 6.19. The standard InChI is InChI=1S/C23H28Cl3N3O/c24-18-8-6-16(7-9-18)17(10-11-27-21-4-2-1-3-5-21)15-28-23(30)29-22-13-19(25)12-20(26)14-22/h6-9,12-14,17,21,27H,1-5,10-11,15H2,(H2,28,29,30). The van der Waals surface area contributed by atoms with Crippen LogP contribution in [0.15, 0.2) is 42.5 Å². The van der Waals surface area contributed by atoms with Crippen LogP contribution >= 0.6 is 34.8 Å². The van der Waals surface area contributed by atoms with Gasteiger partial charge in [0, 0.05) is 39.3 Å². The van der Waals surface area contributed by atoms with Crippen LogP contribution in [0.4, 0.5) is 10.5 Å². The number of anilines is 1. The predicted octanol–water partition coefficient (Wildman–Crippen LogP) is 6.86. The molecule has 1 aliphatic carbocycles. The van der Waals surface area contributed by atoms with Crippen LogP contribution < -0.4 is 16.0 Å². The van der Waals surface area contributed by atoms with Gasteiger partial charge in [-0.1, -0.05) is 66.2 Å². The van der Waals surface area contributed by atoms with E-state index >= 15 is 0 Å². The zero-order valence-electron chi connectivity index (χ0n) is 16.9. The summed E-state index contributed by atoms with van der Waals surface area (Å²) in [5.74, 6) is 0.187. The second kappa shape index (κ2) is 11.8. The van der Waals surface area contributed by atoms with Crippen LogP contribution in [0.3, 0.4) is 0 Å². The molecule has 0 radical (unpaired) electrons. The van der Waals surface area contributed by atoms with Gasteiger partial charge in [0.25, 0.3) is 0 Å². The second-order valence-corrected chi connectivity index (χ2v) is 9.13. The number of carbonyl (C=O) groups excluding carboxylic acids is 1. The molecule has 1 atom stereocenters. The van der Waals surface area contributed by atoms with Crippen LogP contribution in [-0.2, 0) is 0 Å². The van der Waals surface area contributed by atoms with Crippen molar-refractivity contribution in [1.82, 2.24) is 10.6 Å². The normalized spacial score (nSPS) is 15.6. The van der Waals surface area contributed by atoms with E-state index in [0.29, 0.717) is 33.3 Å². The molecule has 0 heterocycles. The van der Waals surface area contributed by atoms with Gasteiger partial charge in [-0.25, -0.2) is 4.79 Å². The minimum atomic E-state index is -0.285. The third kappa shape index (κ3) is 7.66. The van der Waals surface area contributed by atoms with Gasteiger partial charge in [-0.15, -0.1) is 0 Å². The van der Waals surface area contributed by atoms with Gasteiger partial charge in [-0.2, -0.15) is 0 Å². The summed E-state index contributed by atoms with van der Waals surface area (Å²) in [7, 11) is 0. The molecule has 1 saturated carbocycles. The molecule has 1 aliphatic rings. The summed E-state index contributed by atoms with van der Waals surface area (Å²) in [6, 6.07) is 13.1. The smallest absolute Gasteiger partial charge is 0.319 e. The SMILES string of the molecule is O=C(NCC(CCNC1CCCCC1)c1ccc(Cl)cc1)Nc1cc(Cl)cc(Cl)c1. The van der Waals surface area contributed by atoms with Gasteiger partial charge in [-0.05, 0) is 61.7 Å². The molecule has 3 N–H and O–H groups in total. The maximum atomic E-state index is 12.4. The van der Waals surface area contributed by atoms with E-state index in [9.17, 15) is 4.79 Å². The minimum absolute atomic E-state index is 0.187. The van der Waals surface area contributed by atoms with E-state index in [-0.39, 0.29) is 11.9 Å². The van der Waals surface area contributed by atoms with Crippen molar-refractivity contribution in [2.45, 2.75) is 50.5 Å². The first-order chi connectivity index (χ1) is 14.5. The summed E-state index contributed by atoms with van der Waals surface area (Å²) in [6.45, 7) is 1.44. The van der Waals surface area contributed by atoms with Crippen molar-refractivity contribution in [2.24, 2.45) is 0 Å². The lowest BCUT2D eigenvalue weighted by molar-refractivity contribution is 0.251. The quantitative estimate of drug-likeness (QED) is 0.396. The van der Waals surface area contributed by atoms with Crippen molar-refractivity contribution >= 4 is 46.5 Å². The second-order valence-electron chi connectivity index (χ2n) is 7.82. The fraction of sp³-hybridized carbons (Fsp3) is 0.435. The molecule has 30 heavy (non-hydrogen) atoms. The van der Waals surface area contributed by atoms with E-state index in [4.69, 9.17) is 34.8 Å². The van der Waals surface area contributed by atoms with Crippen molar-refractivity contribution < 1.29 is 4.79 Å². The number of hydrogen-bond acceptors (Lipinski definition) is 2. The molecule has 1 unspecified atom stereocenters. The molecule has 0 aromatic heterocycles. The largest absolute Gasteiger partial charge is 0.337 e. The summed E-state index contributed by atoms with van der Waals surface area (Å²) >= 11 is 18.1. The van der Waals surface area contributed by atoms with Gasteiger partial charge in [0.1, 0.15) is 0 Å². The first-order valence-electron chi connectivity index (χ1n) is 10.5. The first kappa shape index (κ1) is 23.2. The van der Waals surface area contributed by atoms with E-state index < -0.39 is 0 Å². The number of benzene rings is 2. The number of amides is 2. The summed E-state index contributed by atoms with van der Waals surface area (Å²) in [6.07, 6.45) is 7.42. The Bertz CT molecular complexity index is 803. The highest BCUT2D eigenvalue weighted by Gasteiger charge is 2.16. The van der Waals surface area contributed by atoms with Crippen molar-refractivity contribution in [2.75, 3.05) is 18.4 Å². The molecule has 0 aliphatic heterocycles. The number of halogens is 3. The van der Waals surface area contributed by atoms with Gasteiger partial charge in [0.15, 0.2) is 0 Å². The summed E-state index contributed by atoms with van der Waals surface area (Å²) < 4.78 is 0. The van der Waals surface area contributed by atoms with Crippen LogP contribution in [0.5, 0.6) is 0 Å². The fourth-order valence-electron chi connectivity index (χ4n) is 3.91. The molecule has 2 aromatic rings. The highest BCUT2D eigenvalue weighted by molar-refractivity contribution is 6.35. The molecule has 7 heteroatoms. The average Bonchev–Trinajstić information content (AvgIpc) is 2.71. The molecule has 0 saturated heterocycles. The van der Waals surface area contributed by atoms with Crippen molar-refractivity contribution in [3.05, 3.63) is 63.1 Å². The number of urea groups is 1. The van der Waals surface area contributed by atoms with Gasteiger partial charge in [0.05, 0.1) is 0 Å². The van der Waals surface area contributed by atoms with Crippen molar-refractivity contribution in [3.63, 3.8) is 0 Å². The zero-order valence-corrected chi connectivity index (χ0v) is 19.2. The molecule has 0 bridgehead atoms. The molecule has 1 fully saturated rings. The van der Waals surface area contributed by atoms with E-state index in [0.717, 1.165) is 18.5 Å². The highest BCUT2D eigenvalue weighted by Crippen LogP contribution is 2.24. The Morgan fingerprint density at radius 3 is 2.27 bits per heavy atom. The Balaban J connectivity index is 1.55. The Labute approximate surface area is 193 Å². The average molecular weight is 469 g/mol. The number of rotatable bonds is 8. The van der Waals surface area contributed by atoms with Crippen LogP contribution in [0.1, 0.15) is 50.0 Å². The Kier molecular flexibility index (Phi) is 9.13. The maximum Gasteiger partial charge on any atom is 0.319 e. The molecule has 2 amide bonds. The topological polar surface area (TPSA) is 53.2 Å². The van der Waals surface area contributed by atoms with Crippen molar-refractivity contribution in [3.8, 4) is 0 Å². The summed E-state index contributed by atoms with van der Waals surface area (Å²) in [5.41, 5.74) is 1.72. The Morgan fingerprint density at radius 1 is 0.933 bits per heavy atom. The number of carbonyl (C=O) groups is 1. The molecule has 0 spiro atoms. The van der Waals surface area contributed by atoms with Gasteiger partial charge in [0.2, 0.25) is 0 Å². The third-order valence-electron chi connectivity index (χ3n) is 5.50. The summed E-state index contributed by atoms with van der Waals surface area (Å²) in [5, 5.41) is 11.1. The molecule has 162 valence electrons. The van der Waals surface area contributed by atoms with Gasteiger partial charge < -0.3 is 16.0 Å². The van der Waals surface area contributed by atoms with E-state index in [1.54, 1.807) is 18.2 Å². The lowest BCUT2D eigenvalue weighted by atomic mass is 9.93. The minimum Gasteiger partial charge on any atom is -0.337 e. The van der Waals surface area contributed by atoms with Crippen molar-refractivity contribution in [1.29, 1.82) is 0 Å². The first-order valence-corrected chi connectivity index (χ1v) is 11.6. The molecule has 4 nitrogen and oxygen atoms in total. The number of nitrogens with one attached hydrogen (secondary N) is 3. The fourth-order valence-corrected chi connectivity index (χ4v) is 4.56. The highest BCUT2D eigenvalue weighted by atomic mass is 35.5. The maximum absolute atomic E-state index is 12.4. The van der Waals surface area contributed by atoms with E-state index in [2.05, 4.69) is 16.0 Å². The van der Waals surface area contributed by atoms with Crippen LogP contribution in [-0.4, -0.2) is 25.2 Å². The molecular formula is C23H28Cl3N3O. The molecule has 3 rings (SSSR count). The number of hydrogen-bond donors (Lipinski definition) is 3. The van der Waals surface area contributed by atoms with E-state index in [1.165, 1.54) is 32.1 Å². The monoisotopic (exact) mass is 467 g/mol. The lowest BCUT2D eigenvalue weighted by Gasteiger charge is -2.25. The Morgan fingerprint density at radius 2 is 1.60 bits per heavy atom. The predicted molar refractivity (Wildman–Crippen MR) is 127 cm³/mol. The van der Waals surface area contributed by atoms with Crippen LogP contribution in [0.2, 0.25) is 15.1 Å². The van der Waals surface area contributed by atoms with Crippen LogP contribution in [0.25, 0.3) is 0 Å². The van der Waals surface area contributed by atoms with Crippen LogP contribution in [0, 0.1) is 0 Å². The molecular weight excluding hydrogens is 441 g/mol. The molecule has 2 aromatic carbocycles. The van der Waals surface area contributed by atoms with Gasteiger partial charge >= 0.3 is 6.03 Å². The van der Waals surface area contributed by atoms with E-state index in [1.807, 2.05) is 24.3 Å². The lowest BCUT2D eigenvalue weighted by Crippen LogP contribution is -2.35.